The molecule has 104 valence electrons. The van der Waals surface area contributed by atoms with Crippen LogP contribution < -0.4 is 0 Å². The van der Waals surface area contributed by atoms with Crippen LogP contribution in [-0.4, -0.2) is 39.5 Å². The van der Waals surface area contributed by atoms with Gasteiger partial charge in [0.1, 0.15) is 6.04 Å². The number of carbonyl (C=O) groups excluding carboxylic acids is 1. The van der Waals surface area contributed by atoms with Crippen molar-refractivity contribution in [1.29, 1.82) is 0 Å². The molecule has 0 radical (unpaired) electrons. The van der Waals surface area contributed by atoms with Crippen molar-refractivity contribution in [3.8, 4) is 0 Å². The maximum Gasteiger partial charge on any atom is 0.326 e. The average molecular weight is 282 g/mol. The average Bonchev–Trinajstić information content (AvgIpc) is 2.97. The Hall–Kier alpha value is -1.43. The van der Waals surface area contributed by atoms with E-state index in [1.165, 1.54) is 4.90 Å². The van der Waals surface area contributed by atoms with Gasteiger partial charge in [-0.3, -0.25) is 4.79 Å². The second kappa shape index (κ2) is 6.14. The molecule has 1 aliphatic rings. The fraction of sp³-hybridized carbons (Fsp3) is 0.615. The van der Waals surface area contributed by atoms with Crippen LogP contribution in [-0.2, 0) is 16.0 Å². The van der Waals surface area contributed by atoms with Crippen LogP contribution in [0.1, 0.15) is 36.4 Å². The highest BCUT2D eigenvalue weighted by atomic mass is 32.1. The number of carboxylic acid groups (broad SMARTS) is 1. The summed E-state index contributed by atoms with van der Waals surface area (Å²) in [4.78, 5) is 28.9. The van der Waals surface area contributed by atoms with Crippen LogP contribution in [0.5, 0.6) is 0 Å². The van der Waals surface area contributed by atoms with Gasteiger partial charge in [0.05, 0.1) is 5.01 Å². The van der Waals surface area contributed by atoms with Gasteiger partial charge in [-0.05, 0) is 32.6 Å². The van der Waals surface area contributed by atoms with Crippen LogP contribution in [0.15, 0.2) is 5.38 Å². The molecule has 0 aliphatic carbocycles. The van der Waals surface area contributed by atoms with E-state index < -0.39 is 12.0 Å². The van der Waals surface area contributed by atoms with Crippen molar-refractivity contribution in [3.63, 3.8) is 0 Å². The molecule has 1 fully saturated rings. The number of amides is 1. The van der Waals surface area contributed by atoms with E-state index >= 15 is 0 Å². The number of hydrogen-bond donors (Lipinski definition) is 1. The van der Waals surface area contributed by atoms with Crippen molar-refractivity contribution in [2.24, 2.45) is 0 Å². The Bertz CT molecular complexity index is 472. The fourth-order valence-electron chi connectivity index (χ4n) is 2.37. The van der Waals surface area contributed by atoms with Gasteiger partial charge in [-0.1, -0.05) is 0 Å². The molecule has 6 heteroatoms. The van der Waals surface area contributed by atoms with Gasteiger partial charge >= 0.3 is 5.97 Å². The minimum atomic E-state index is -0.888. The number of aliphatic carboxylic acids is 1. The number of rotatable bonds is 5. The van der Waals surface area contributed by atoms with E-state index in [0.29, 0.717) is 19.4 Å². The van der Waals surface area contributed by atoms with Crippen LogP contribution >= 0.6 is 11.3 Å². The Labute approximate surface area is 116 Å². The SMILES string of the molecule is Cc1csc(CCCC(=O)N2CCCC2C(=O)O)n1. The van der Waals surface area contributed by atoms with Gasteiger partial charge in [-0.2, -0.15) is 0 Å². The molecule has 0 spiro atoms. The molecule has 1 unspecified atom stereocenters. The molecule has 0 saturated carbocycles. The zero-order chi connectivity index (χ0) is 13.8. The topological polar surface area (TPSA) is 70.5 Å². The quantitative estimate of drug-likeness (QED) is 0.894. The highest BCUT2D eigenvalue weighted by Crippen LogP contribution is 2.19. The Morgan fingerprint density at radius 2 is 2.37 bits per heavy atom. The number of likely N-dealkylation sites (tertiary alicyclic amines) is 1. The highest BCUT2D eigenvalue weighted by molar-refractivity contribution is 7.09. The molecule has 2 rings (SSSR count). The molecule has 1 saturated heterocycles. The predicted molar refractivity (Wildman–Crippen MR) is 72.2 cm³/mol. The van der Waals surface area contributed by atoms with Gasteiger partial charge in [0, 0.05) is 24.0 Å². The number of aryl methyl sites for hydroxylation is 2. The van der Waals surface area contributed by atoms with Gasteiger partial charge in [-0.15, -0.1) is 11.3 Å². The van der Waals surface area contributed by atoms with E-state index in [4.69, 9.17) is 5.11 Å². The third-order valence-electron chi connectivity index (χ3n) is 3.31. The minimum absolute atomic E-state index is 0.0434. The van der Waals surface area contributed by atoms with Crippen molar-refractivity contribution in [2.75, 3.05) is 6.54 Å². The van der Waals surface area contributed by atoms with Crippen molar-refractivity contribution in [2.45, 2.75) is 45.1 Å². The molecule has 1 N–H and O–H groups in total. The Morgan fingerprint density at radius 1 is 1.58 bits per heavy atom. The summed E-state index contributed by atoms with van der Waals surface area (Å²) in [7, 11) is 0. The van der Waals surface area contributed by atoms with E-state index in [1.54, 1.807) is 11.3 Å². The Balaban J connectivity index is 1.79. The van der Waals surface area contributed by atoms with Crippen LogP contribution in [0.4, 0.5) is 0 Å². The molecule has 19 heavy (non-hydrogen) atoms. The number of aromatic nitrogens is 1. The first kappa shape index (κ1) is 14.0. The van der Waals surface area contributed by atoms with Gasteiger partial charge in [0.25, 0.3) is 0 Å². The summed E-state index contributed by atoms with van der Waals surface area (Å²) >= 11 is 1.61. The number of nitrogens with zero attached hydrogens (tertiary/aromatic N) is 2. The van der Waals surface area contributed by atoms with Crippen molar-refractivity contribution >= 4 is 23.2 Å². The zero-order valence-electron chi connectivity index (χ0n) is 11.0. The monoisotopic (exact) mass is 282 g/mol. The standard InChI is InChI=1S/C13H18N2O3S/c1-9-8-19-11(14-9)5-2-6-12(16)15-7-3-4-10(15)13(17)18/h8,10H,2-7H2,1H3,(H,17,18). The lowest BCUT2D eigenvalue weighted by Crippen LogP contribution is -2.40. The molecule has 1 atom stereocenters. The second-order valence-electron chi connectivity index (χ2n) is 4.82. The van der Waals surface area contributed by atoms with Crippen molar-refractivity contribution < 1.29 is 14.7 Å². The Kier molecular flexibility index (Phi) is 4.52. The summed E-state index contributed by atoms with van der Waals surface area (Å²) in [6, 6.07) is -0.616. The summed E-state index contributed by atoms with van der Waals surface area (Å²) in [5.74, 6) is -0.931. The lowest BCUT2D eigenvalue weighted by molar-refractivity contribution is -0.148. The molecule has 1 aromatic heterocycles. The van der Waals surface area contributed by atoms with E-state index in [1.807, 2.05) is 12.3 Å². The third-order valence-corrected chi connectivity index (χ3v) is 4.33. The number of carboxylic acids is 1. The summed E-state index contributed by atoms with van der Waals surface area (Å²) < 4.78 is 0. The van der Waals surface area contributed by atoms with E-state index in [-0.39, 0.29) is 5.91 Å². The molecular formula is C13H18N2O3S. The molecule has 1 aromatic rings. The predicted octanol–water partition coefficient (Wildman–Crippen LogP) is 1.85. The molecule has 1 aliphatic heterocycles. The first-order valence-corrected chi connectivity index (χ1v) is 7.39. The fourth-order valence-corrected chi connectivity index (χ4v) is 3.19. The van der Waals surface area contributed by atoms with Crippen molar-refractivity contribution in [3.05, 3.63) is 16.1 Å². The van der Waals surface area contributed by atoms with Crippen LogP contribution in [0.25, 0.3) is 0 Å². The van der Waals surface area contributed by atoms with Gasteiger partial charge in [0.15, 0.2) is 0 Å². The van der Waals surface area contributed by atoms with Gasteiger partial charge < -0.3 is 10.0 Å². The minimum Gasteiger partial charge on any atom is -0.480 e. The molecule has 0 aromatic carbocycles. The maximum atomic E-state index is 12.0. The number of carbonyl (C=O) groups is 2. The number of thiazole rings is 1. The van der Waals surface area contributed by atoms with E-state index in [0.717, 1.165) is 30.0 Å². The normalized spacial score (nSPS) is 18.8. The smallest absolute Gasteiger partial charge is 0.326 e. The Morgan fingerprint density at radius 3 is 3.00 bits per heavy atom. The number of hydrogen-bond acceptors (Lipinski definition) is 4. The molecule has 0 bridgehead atoms. The summed E-state index contributed by atoms with van der Waals surface area (Å²) in [6.07, 6.45) is 3.29. The van der Waals surface area contributed by atoms with Gasteiger partial charge in [0.2, 0.25) is 5.91 Å². The molecule has 1 amide bonds. The van der Waals surface area contributed by atoms with E-state index in [9.17, 15) is 9.59 Å². The first-order chi connectivity index (χ1) is 9.08. The lowest BCUT2D eigenvalue weighted by Gasteiger charge is -2.21. The zero-order valence-corrected chi connectivity index (χ0v) is 11.8. The molecule has 5 nitrogen and oxygen atoms in total. The second-order valence-corrected chi connectivity index (χ2v) is 5.76. The van der Waals surface area contributed by atoms with Gasteiger partial charge in [-0.25, -0.2) is 9.78 Å². The van der Waals surface area contributed by atoms with Crippen LogP contribution in [0.2, 0.25) is 0 Å². The summed E-state index contributed by atoms with van der Waals surface area (Å²) in [5.41, 5.74) is 1.01. The third kappa shape index (κ3) is 3.53. The summed E-state index contributed by atoms with van der Waals surface area (Å²) in [6.45, 7) is 2.53. The first-order valence-electron chi connectivity index (χ1n) is 6.51. The molecule has 2 heterocycles. The molecular weight excluding hydrogens is 264 g/mol. The summed E-state index contributed by atoms with van der Waals surface area (Å²) in [5, 5.41) is 12.1. The maximum absolute atomic E-state index is 12.0. The van der Waals surface area contributed by atoms with Crippen molar-refractivity contribution in [1.82, 2.24) is 9.88 Å². The highest BCUT2D eigenvalue weighted by Gasteiger charge is 2.33. The van der Waals surface area contributed by atoms with Crippen LogP contribution in [0.3, 0.4) is 0 Å². The largest absolute Gasteiger partial charge is 0.480 e. The lowest BCUT2D eigenvalue weighted by atomic mass is 10.2. The van der Waals surface area contributed by atoms with E-state index in [2.05, 4.69) is 4.98 Å². The van der Waals surface area contributed by atoms with Crippen LogP contribution in [0, 0.1) is 6.92 Å².